The molecule has 3 aromatic carbocycles. The molecule has 1 aromatic heterocycles. The van der Waals surface area contributed by atoms with Gasteiger partial charge in [0.15, 0.2) is 11.6 Å². The zero-order valence-corrected chi connectivity index (χ0v) is 19.1. The normalized spacial score (nSPS) is 11.7. The second-order valence-corrected chi connectivity index (χ2v) is 9.39. The molecular formula is C24H23F2N3O3S. The highest BCUT2D eigenvalue weighted by Gasteiger charge is 2.22. The van der Waals surface area contributed by atoms with Gasteiger partial charge in [-0.25, -0.2) is 21.2 Å². The number of nitrogens with zero attached hydrogens (tertiary/aromatic N) is 1. The number of halogens is 2. The summed E-state index contributed by atoms with van der Waals surface area (Å²) >= 11 is 0. The van der Waals surface area contributed by atoms with Crippen molar-refractivity contribution in [2.75, 3.05) is 19.5 Å². The van der Waals surface area contributed by atoms with E-state index in [9.17, 15) is 17.2 Å². The lowest BCUT2D eigenvalue weighted by Gasteiger charge is -2.12. The van der Waals surface area contributed by atoms with Gasteiger partial charge in [-0.1, -0.05) is 18.2 Å². The van der Waals surface area contributed by atoms with Crippen LogP contribution in [0.3, 0.4) is 0 Å². The molecule has 9 heteroatoms. The van der Waals surface area contributed by atoms with E-state index >= 15 is 0 Å². The van der Waals surface area contributed by atoms with Crippen LogP contribution in [0, 0.1) is 18.6 Å². The maximum atomic E-state index is 14.4. The topological polar surface area (TPSA) is 72.4 Å². The number of fused-ring (bicyclic) bond motifs is 1. The van der Waals surface area contributed by atoms with Gasteiger partial charge in [-0.15, -0.1) is 0 Å². The first kappa shape index (κ1) is 22.8. The van der Waals surface area contributed by atoms with E-state index in [-0.39, 0.29) is 16.1 Å². The van der Waals surface area contributed by atoms with Gasteiger partial charge in [0.05, 0.1) is 23.2 Å². The van der Waals surface area contributed by atoms with Crippen molar-refractivity contribution in [2.24, 2.45) is 0 Å². The van der Waals surface area contributed by atoms with Gasteiger partial charge < -0.3 is 15.4 Å². The van der Waals surface area contributed by atoms with Crippen LogP contribution in [0.15, 0.2) is 65.7 Å². The van der Waals surface area contributed by atoms with Crippen molar-refractivity contribution < 1.29 is 21.9 Å². The predicted octanol–water partition coefficient (Wildman–Crippen LogP) is 4.94. The average molecular weight is 472 g/mol. The van der Waals surface area contributed by atoms with Crippen molar-refractivity contribution in [1.82, 2.24) is 9.29 Å². The van der Waals surface area contributed by atoms with Crippen molar-refractivity contribution in [2.45, 2.75) is 18.4 Å². The van der Waals surface area contributed by atoms with Crippen molar-refractivity contribution in [3.63, 3.8) is 0 Å². The van der Waals surface area contributed by atoms with Crippen LogP contribution in [-0.4, -0.2) is 26.5 Å². The molecule has 33 heavy (non-hydrogen) atoms. The molecule has 0 bridgehead atoms. The molecule has 0 aliphatic rings. The fourth-order valence-corrected chi connectivity index (χ4v) is 5.07. The average Bonchev–Trinajstić information content (AvgIpc) is 3.18. The number of hydrogen-bond acceptors (Lipinski definition) is 5. The minimum absolute atomic E-state index is 0.0401. The van der Waals surface area contributed by atoms with Crippen LogP contribution in [0.25, 0.3) is 10.9 Å². The second kappa shape index (κ2) is 8.84. The van der Waals surface area contributed by atoms with Gasteiger partial charge in [-0.05, 0) is 55.4 Å². The SMILES string of the molecule is CNCc1cn(S(=O)(=O)c2cccc(OC)c2)c2cc(Nc3ccc(C)c(F)c3F)ccc12. The Kier molecular flexibility index (Phi) is 6.09. The maximum Gasteiger partial charge on any atom is 0.268 e. The summed E-state index contributed by atoms with van der Waals surface area (Å²) in [6.07, 6.45) is 1.56. The smallest absolute Gasteiger partial charge is 0.268 e. The Balaban J connectivity index is 1.85. The summed E-state index contributed by atoms with van der Waals surface area (Å²) in [6.45, 7) is 1.93. The zero-order chi connectivity index (χ0) is 23.8. The number of nitrogens with one attached hydrogen (secondary N) is 2. The zero-order valence-electron chi connectivity index (χ0n) is 18.3. The van der Waals surface area contributed by atoms with E-state index in [4.69, 9.17) is 4.74 Å². The van der Waals surface area contributed by atoms with Crippen LogP contribution < -0.4 is 15.4 Å². The van der Waals surface area contributed by atoms with Crippen LogP contribution in [0.5, 0.6) is 5.75 Å². The van der Waals surface area contributed by atoms with Crippen molar-refractivity contribution >= 4 is 32.3 Å². The number of rotatable bonds is 7. The van der Waals surface area contributed by atoms with Crippen molar-refractivity contribution in [1.29, 1.82) is 0 Å². The largest absolute Gasteiger partial charge is 0.497 e. The number of aryl methyl sites for hydroxylation is 1. The molecule has 0 radical (unpaired) electrons. The molecule has 172 valence electrons. The van der Waals surface area contributed by atoms with E-state index in [0.29, 0.717) is 23.5 Å². The summed E-state index contributed by atoms with van der Waals surface area (Å²) in [5, 5.41) is 6.61. The Morgan fingerprint density at radius 2 is 1.82 bits per heavy atom. The molecule has 0 spiro atoms. The molecule has 0 aliphatic carbocycles. The molecule has 0 amide bonds. The molecule has 6 nitrogen and oxygen atoms in total. The quantitative estimate of drug-likeness (QED) is 0.400. The third-order valence-corrected chi connectivity index (χ3v) is 7.04. The van der Waals surface area contributed by atoms with Gasteiger partial charge >= 0.3 is 0 Å². The molecule has 4 rings (SSSR count). The van der Waals surface area contributed by atoms with Crippen molar-refractivity contribution in [3.8, 4) is 5.75 Å². The van der Waals surface area contributed by atoms with Gasteiger partial charge in [0.1, 0.15) is 5.75 Å². The van der Waals surface area contributed by atoms with E-state index in [1.807, 2.05) is 0 Å². The molecule has 0 unspecified atom stereocenters. The highest BCUT2D eigenvalue weighted by molar-refractivity contribution is 7.90. The number of hydrogen-bond donors (Lipinski definition) is 2. The molecule has 0 atom stereocenters. The van der Waals surface area contributed by atoms with Gasteiger partial charge in [0, 0.05) is 29.9 Å². The number of aromatic nitrogens is 1. The standard InChI is InChI=1S/C24H23F2N3O3S/c1-15-7-10-21(24(26)23(15)25)28-17-8-9-20-16(13-27-2)14-29(22(20)11-17)33(30,31)19-6-4-5-18(12-19)32-3/h4-12,14,27-28H,13H2,1-3H3. The van der Waals surface area contributed by atoms with E-state index in [1.165, 1.54) is 42.3 Å². The van der Waals surface area contributed by atoms with Crippen LogP contribution in [0.4, 0.5) is 20.2 Å². The first-order valence-corrected chi connectivity index (χ1v) is 11.6. The molecule has 4 aromatic rings. The first-order chi connectivity index (χ1) is 15.8. The highest BCUT2D eigenvalue weighted by atomic mass is 32.2. The fraction of sp³-hybridized carbons (Fsp3) is 0.167. The second-order valence-electron chi connectivity index (χ2n) is 7.58. The number of ether oxygens (including phenoxy) is 1. The van der Waals surface area contributed by atoms with Crippen LogP contribution in [-0.2, 0) is 16.6 Å². The Morgan fingerprint density at radius 1 is 1.03 bits per heavy atom. The van der Waals surface area contributed by atoms with E-state index in [0.717, 1.165) is 10.9 Å². The van der Waals surface area contributed by atoms with E-state index in [1.54, 1.807) is 43.6 Å². The van der Waals surface area contributed by atoms with Crippen LogP contribution in [0.2, 0.25) is 0 Å². The monoisotopic (exact) mass is 471 g/mol. The van der Waals surface area contributed by atoms with Gasteiger partial charge in [0.25, 0.3) is 10.0 Å². The van der Waals surface area contributed by atoms with E-state index < -0.39 is 21.7 Å². The lowest BCUT2D eigenvalue weighted by Crippen LogP contribution is -2.12. The van der Waals surface area contributed by atoms with Gasteiger partial charge in [-0.2, -0.15) is 0 Å². The summed E-state index contributed by atoms with van der Waals surface area (Å²) in [5.74, 6) is -1.51. The minimum Gasteiger partial charge on any atom is -0.497 e. The Labute approximate surface area is 190 Å². The highest BCUT2D eigenvalue weighted by Crippen LogP contribution is 2.31. The summed E-state index contributed by atoms with van der Waals surface area (Å²) in [7, 11) is -0.725. The summed E-state index contributed by atoms with van der Waals surface area (Å²) < 4.78 is 61.7. The summed E-state index contributed by atoms with van der Waals surface area (Å²) in [5.41, 5.74) is 1.75. The molecule has 0 aliphatic heterocycles. The predicted molar refractivity (Wildman–Crippen MR) is 125 cm³/mol. The molecule has 1 heterocycles. The first-order valence-electron chi connectivity index (χ1n) is 10.2. The lowest BCUT2D eigenvalue weighted by atomic mass is 10.1. The third-order valence-electron chi connectivity index (χ3n) is 5.37. The Hall–Kier alpha value is -3.43. The van der Waals surface area contributed by atoms with Crippen LogP contribution >= 0.6 is 0 Å². The lowest BCUT2D eigenvalue weighted by molar-refractivity contribution is 0.413. The number of anilines is 2. The minimum atomic E-state index is -3.96. The fourth-order valence-electron chi connectivity index (χ4n) is 3.65. The summed E-state index contributed by atoms with van der Waals surface area (Å²) in [4.78, 5) is 0.0692. The number of methoxy groups -OCH3 is 1. The molecule has 0 saturated carbocycles. The molecule has 0 saturated heterocycles. The van der Waals surface area contributed by atoms with Crippen LogP contribution in [0.1, 0.15) is 11.1 Å². The Morgan fingerprint density at radius 3 is 2.55 bits per heavy atom. The Bertz CT molecular complexity index is 1450. The van der Waals surface area contributed by atoms with E-state index in [2.05, 4.69) is 10.6 Å². The van der Waals surface area contributed by atoms with Gasteiger partial charge in [0.2, 0.25) is 0 Å². The molecular weight excluding hydrogens is 448 g/mol. The summed E-state index contributed by atoms with van der Waals surface area (Å²) in [6, 6.07) is 14.2. The maximum absolute atomic E-state index is 14.4. The van der Waals surface area contributed by atoms with Crippen molar-refractivity contribution in [3.05, 3.63) is 83.6 Å². The number of benzene rings is 3. The third kappa shape index (κ3) is 4.17. The van der Waals surface area contributed by atoms with Gasteiger partial charge in [-0.3, -0.25) is 0 Å². The molecule has 0 fully saturated rings. The molecule has 2 N–H and O–H groups in total.